The van der Waals surface area contributed by atoms with Gasteiger partial charge in [-0.2, -0.15) is 0 Å². The Morgan fingerprint density at radius 3 is 2.47 bits per heavy atom. The van der Waals surface area contributed by atoms with Gasteiger partial charge < -0.3 is 15.4 Å². The van der Waals surface area contributed by atoms with E-state index in [1.165, 1.54) is 32.1 Å². The standard InChI is InChI=1S/C13H27N3O/c1-17-12-8-4-5-9-15-13(14)16-10-6-2-3-7-11-16/h2-12H2,1H3,(H2,14,15). The summed E-state index contributed by atoms with van der Waals surface area (Å²) in [5.74, 6) is 0.749. The van der Waals surface area contributed by atoms with Gasteiger partial charge in [0.1, 0.15) is 0 Å². The first-order valence-electron chi connectivity index (χ1n) is 6.88. The molecule has 1 saturated heterocycles. The minimum absolute atomic E-state index is 0.749. The van der Waals surface area contributed by atoms with Crippen LogP contribution in [0, 0.1) is 0 Å². The second-order valence-electron chi connectivity index (χ2n) is 4.69. The molecule has 0 aliphatic carbocycles. The van der Waals surface area contributed by atoms with Crippen molar-refractivity contribution in [3.63, 3.8) is 0 Å². The SMILES string of the molecule is COCCCCCN=C(N)N1CCCCCC1. The van der Waals surface area contributed by atoms with Crippen LogP contribution in [0.4, 0.5) is 0 Å². The van der Waals surface area contributed by atoms with Gasteiger partial charge in [0, 0.05) is 33.4 Å². The van der Waals surface area contributed by atoms with E-state index in [2.05, 4.69) is 9.89 Å². The van der Waals surface area contributed by atoms with Crippen molar-refractivity contribution in [3.05, 3.63) is 0 Å². The van der Waals surface area contributed by atoms with Crippen molar-refractivity contribution in [2.45, 2.75) is 44.9 Å². The summed E-state index contributed by atoms with van der Waals surface area (Å²) < 4.78 is 5.01. The summed E-state index contributed by atoms with van der Waals surface area (Å²) in [5.41, 5.74) is 6.01. The first kappa shape index (κ1) is 14.3. The number of rotatable bonds is 6. The Hall–Kier alpha value is -0.770. The topological polar surface area (TPSA) is 50.9 Å². The second kappa shape index (κ2) is 9.28. The lowest BCUT2D eigenvalue weighted by Crippen LogP contribution is -2.38. The van der Waals surface area contributed by atoms with Crippen molar-refractivity contribution in [2.24, 2.45) is 10.7 Å². The zero-order valence-corrected chi connectivity index (χ0v) is 11.2. The number of ether oxygens (including phenoxy) is 1. The number of nitrogens with two attached hydrogens (primary N) is 1. The molecule has 1 aliphatic heterocycles. The zero-order valence-electron chi connectivity index (χ0n) is 11.2. The molecule has 1 heterocycles. The van der Waals surface area contributed by atoms with Crippen LogP contribution < -0.4 is 5.73 Å². The number of hydrogen-bond donors (Lipinski definition) is 1. The van der Waals surface area contributed by atoms with Crippen LogP contribution in [-0.2, 0) is 4.74 Å². The summed E-state index contributed by atoms with van der Waals surface area (Å²) in [6.45, 7) is 3.87. The maximum atomic E-state index is 6.01. The van der Waals surface area contributed by atoms with Crippen LogP contribution in [0.25, 0.3) is 0 Å². The fourth-order valence-electron chi connectivity index (χ4n) is 2.13. The van der Waals surface area contributed by atoms with E-state index in [1.54, 1.807) is 7.11 Å². The van der Waals surface area contributed by atoms with Crippen LogP contribution >= 0.6 is 0 Å². The second-order valence-corrected chi connectivity index (χ2v) is 4.69. The number of guanidine groups is 1. The van der Waals surface area contributed by atoms with E-state index in [9.17, 15) is 0 Å². The summed E-state index contributed by atoms with van der Waals surface area (Å²) in [4.78, 5) is 6.70. The molecule has 0 radical (unpaired) electrons. The van der Waals surface area contributed by atoms with Crippen molar-refractivity contribution >= 4 is 5.96 Å². The third-order valence-electron chi connectivity index (χ3n) is 3.21. The van der Waals surface area contributed by atoms with Crippen molar-refractivity contribution in [1.82, 2.24) is 4.90 Å². The minimum atomic E-state index is 0.749. The van der Waals surface area contributed by atoms with Crippen LogP contribution in [0.2, 0.25) is 0 Å². The van der Waals surface area contributed by atoms with Gasteiger partial charge in [0.15, 0.2) is 5.96 Å². The predicted octanol–water partition coefficient (Wildman–Crippen LogP) is 1.99. The van der Waals surface area contributed by atoms with E-state index in [-0.39, 0.29) is 0 Å². The maximum absolute atomic E-state index is 6.01. The average molecular weight is 241 g/mol. The lowest BCUT2D eigenvalue weighted by atomic mass is 10.2. The molecular weight excluding hydrogens is 214 g/mol. The molecule has 4 heteroatoms. The molecule has 0 bridgehead atoms. The monoisotopic (exact) mass is 241 g/mol. The molecule has 2 N–H and O–H groups in total. The minimum Gasteiger partial charge on any atom is -0.385 e. The Labute approximate surface area is 105 Å². The number of likely N-dealkylation sites (tertiary alicyclic amines) is 1. The molecule has 0 unspecified atom stereocenters. The molecule has 0 saturated carbocycles. The number of unbranched alkanes of at least 4 members (excludes halogenated alkanes) is 2. The molecule has 0 spiro atoms. The zero-order chi connectivity index (χ0) is 12.3. The summed E-state index contributed by atoms with van der Waals surface area (Å²) in [7, 11) is 1.75. The molecule has 1 fully saturated rings. The Morgan fingerprint density at radius 1 is 1.12 bits per heavy atom. The van der Waals surface area contributed by atoms with Crippen molar-refractivity contribution in [2.75, 3.05) is 33.4 Å². The van der Waals surface area contributed by atoms with Crippen LogP contribution in [0.15, 0.2) is 4.99 Å². The summed E-state index contributed by atoms with van der Waals surface area (Å²) in [6.07, 6.45) is 8.58. The van der Waals surface area contributed by atoms with Gasteiger partial charge in [0.2, 0.25) is 0 Å². The van der Waals surface area contributed by atoms with E-state index < -0.39 is 0 Å². The number of methoxy groups -OCH3 is 1. The lowest BCUT2D eigenvalue weighted by Gasteiger charge is -2.21. The normalized spacial score (nSPS) is 18.2. The summed E-state index contributed by atoms with van der Waals surface area (Å²) in [6, 6.07) is 0. The Balaban J connectivity index is 2.14. The van der Waals surface area contributed by atoms with Crippen molar-refractivity contribution in [3.8, 4) is 0 Å². The quantitative estimate of drug-likeness (QED) is 0.439. The van der Waals surface area contributed by atoms with Crippen LogP contribution in [0.3, 0.4) is 0 Å². The maximum Gasteiger partial charge on any atom is 0.191 e. The highest BCUT2D eigenvalue weighted by molar-refractivity contribution is 5.78. The van der Waals surface area contributed by atoms with E-state index in [0.717, 1.165) is 45.0 Å². The van der Waals surface area contributed by atoms with Crippen LogP contribution in [-0.4, -0.2) is 44.2 Å². The molecule has 0 aromatic rings. The largest absolute Gasteiger partial charge is 0.385 e. The molecule has 1 rings (SSSR count). The average Bonchev–Trinajstić information content (AvgIpc) is 2.62. The van der Waals surface area contributed by atoms with Gasteiger partial charge in [-0.05, 0) is 32.1 Å². The van der Waals surface area contributed by atoms with Crippen LogP contribution in [0.1, 0.15) is 44.9 Å². The number of nitrogens with zero attached hydrogens (tertiary/aromatic N) is 2. The molecule has 0 atom stereocenters. The summed E-state index contributed by atoms with van der Waals surface area (Å²) >= 11 is 0. The van der Waals surface area contributed by atoms with Crippen molar-refractivity contribution in [1.29, 1.82) is 0 Å². The molecule has 17 heavy (non-hydrogen) atoms. The summed E-state index contributed by atoms with van der Waals surface area (Å²) in [5, 5.41) is 0. The first-order valence-corrected chi connectivity index (χ1v) is 6.88. The molecule has 0 amide bonds. The highest BCUT2D eigenvalue weighted by Crippen LogP contribution is 2.09. The lowest BCUT2D eigenvalue weighted by molar-refractivity contribution is 0.192. The van der Waals surface area contributed by atoms with E-state index in [0.29, 0.717) is 0 Å². The molecule has 4 nitrogen and oxygen atoms in total. The van der Waals surface area contributed by atoms with Gasteiger partial charge in [-0.25, -0.2) is 0 Å². The van der Waals surface area contributed by atoms with E-state index >= 15 is 0 Å². The Kier molecular flexibility index (Phi) is 7.80. The smallest absolute Gasteiger partial charge is 0.191 e. The van der Waals surface area contributed by atoms with Gasteiger partial charge >= 0.3 is 0 Å². The molecule has 0 aromatic carbocycles. The Morgan fingerprint density at radius 2 is 1.82 bits per heavy atom. The molecule has 100 valence electrons. The van der Waals surface area contributed by atoms with E-state index in [4.69, 9.17) is 10.5 Å². The van der Waals surface area contributed by atoms with Gasteiger partial charge in [-0.15, -0.1) is 0 Å². The van der Waals surface area contributed by atoms with Crippen molar-refractivity contribution < 1.29 is 4.74 Å². The molecule has 0 aromatic heterocycles. The molecule has 1 aliphatic rings. The first-order chi connectivity index (χ1) is 8.34. The highest BCUT2D eigenvalue weighted by atomic mass is 16.5. The third-order valence-corrected chi connectivity index (χ3v) is 3.21. The van der Waals surface area contributed by atoms with Crippen LogP contribution in [0.5, 0.6) is 0 Å². The van der Waals surface area contributed by atoms with Gasteiger partial charge in [0.05, 0.1) is 0 Å². The fourth-order valence-corrected chi connectivity index (χ4v) is 2.13. The third kappa shape index (κ3) is 6.51. The molecular formula is C13H27N3O. The fraction of sp³-hybridized carbons (Fsp3) is 0.923. The van der Waals surface area contributed by atoms with Gasteiger partial charge in [-0.3, -0.25) is 4.99 Å². The van der Waals surface area contributed by atoms with Gasteiger partial charge in [-0.1, -0.05) is 12.8 Å². The number of hydrogen-bond acceptors (Lipinski definition) is 2. The number of aliphatic imine (C=N–C) groups is 1. The predicted molar refractivity (Wildman–Crippen MR) is 72.3 cm³/mol. The van der Waals surface area contributed by atoms with E-state index in [1.807, 2.05) is 0 Å². The van der Waals surface area contributed by atoms with Gasteiger partial charge in [0.25, 0.3) is 0 Å². The Bertz CT molecular complexity index is 211. The highest BCUT2D eigenvalue weighted by Gasteiger charge is 2.10.